The van der Waals surface area contributed by atoms with E-state index in [1.807, 2.05) is 27.7 Å². The van der Waals surface area contributed by atoms with Crippen molar-refractivity contribution in [3.05, 3.63) is 23.8 Å². The molecular weight excluding hydrogens is 287 g/mol. The summed E-state index contributed by atoms with van der Waals surface area (Å²) in [5.41, 5.74) is -0.606. The van der Waals surface area contributed by atoms with Gasteiger partial charge in [0.1, 0.15) is 17.3 Å². The Kier molecular flexibility index (Phi) is 3.72. The second-order valence-electron chi connectivity index (χ2n) is 7.12. The van der Waals surface area contributed by atoms with Crippen molar-refractivity contribution in [2.45, 2.75) is 51.7 Å². The lowest BCUT2D eigenvalue weighted by atomic mass is 9.79. The molecule has 0 atom stereocenters. The van der Waals surface area contributed by atoms with Crippen LogP contribution >= 0.6 is 0 Å². The summed E-state index contributed by atoms with van der Waals surface area (Å²) in [5.74, 6) is -1.10. The molecule has 0 spiro atoms. The van der Waals surface area contributed by atoms with Gasteiger partial charge in [-0.2, -0.15) is 0 Å². The summed E-state index contributed by atoms with van der Waals surface area (Å²) in [6.45, 7) is 9.06. The molecule has 120 valence electrons. The molecule has 1 aromatic rings. The third-order valence-electron chi connectivity index (χ3n) is 4.99. The number of hydrogen-bond donors (Lipinski definition) is 0. The molecule has 2 saturated heterocycles. The van der Waals surface area contributed by atoms with Gasteiger partial charge in [-0.05, 0) is 58.1 Å². The van der Waals surface area contributed by atoms with Gasteiger partial charge in [-0.3, -0.25) is 0 Å². The predicted molar refractivity (Wildman–Crippen MR) is 83.5 cm³/mol. The number of halogens is 2. The Morgan fingerprint density at radius 3 is 1.86 bits per heavy atom. The number of benzene rings is 1. The molecule has 2 heterocycles. The second kappa shape index (κ2) is 5.20. The average molecular weight is 309 g/mol. The van der Waals surface area contributed by atoms with E-state index in [2.05, 4.69) is 0 Å². The van der Waals surface area contributed by atoms with Gasteiger partial charge in [0.2, 0.25) is 0 Å². The fourth-order valence-corrected chi connectivity index (χ4v) is 2.94. The lowest BCUT2D eigenvalue weighted by Gasteiger charge is -2.32. The first kappa shape index (κ1) is 15.7. The normalized spacial score (nSPS) is 23.4. The number of hydrogen-bond acceptors (Lipinski definition) is 3. The van der Waals surface area contributed by atoms with Crippen LogP contribution in [0.25, 0.3) is 0 Å². The maximum Gasteiger partial charge on any atom is 0.495 e. The fraction of sp³-hybridized carbons (Fsp3) is 0.625. The quantitative estimate of drug-likeness (QED) is 0.784. The molecule has 0 amide bonds. The van der Waals surface area contributed by atoms with Gasteiger partial charge in [0.25, 0.3) is 0 Å². The summed E-state index contributed by atoms with van der Waals surface area (Å²) in [4.78, 5) is 1.76. The molecule has 2 fully saturated rings. The van der Waals surface area contributed by atoms with Gasteiger partial charge in [0, 0.05) is 13.1 Å². The van der Waals surface area contributed by atoms with Crippen LogP contribution in [0.2, 0.25) is 0 Å². The van der Waals surface area contributed by atoms with Crippen LogP contribution < -0.4 is 10.4 Å². The fourth-order valence-electron chi connectivity index (χ4n) is 2.94. The summed E-state index contributed by atoms with van der Waals surface area (Å²) >= 11 is 0. The largest absolute Gasteiger partial charge is 0.495 e. The highest BCUT2D eigenvalue weighted by atomic mass is 19.1. The van der Waals surface area contributed by atoms with Gasteiger partial charge in [-0.25, -0.2) is 8.78 Å². The van der Waals surface area contributed by atoms with E-state index >= 15 is 0 Å². The Bertz CT molecular complexity index is 547. The van der Waals surface area contributed by atoms with Gasteiger partial charge in [0.05, 0.1) is 11.2 Å². The van der Waals surface area contributed by atoms with Crippen LogP contribution in [0.1, 0.15) is 40.5 Å². The van der Waals surface area contributed by atoms with Crippen LogP contribution in [0.5, 0.6) is 0 Å². The zero-order chi connectivity index (χ0) is 16.1. The Morgan fingerprint density at radius 2 is 1.41 bits per heavy atom. The van der Waals surface area contributed by atoms with E-state index < -0.39 is 30.0 Å². The molecule has 0 aliphatic carbocycles. The van der Waals surface area contributed by atoms with Gasteiger partial charge in [-0.1, -0.05) is 0 Å². The molecule has 0 aromatic heterocycles. The van der Waals surface area contributed by atoms with Gasteiger partial charge >= 0.3 is 7.12 Å². The number of nitrogens with zero attached hydrogens (tertiary/aromatic N) is 1. The summed E-state index contributed by atoms with van der Waals surface area (Å²) in [6, 6.07) is 2.66. The molecule has 3 rings (SSSR count). The van der Waals surface area contributed by atoms with Crippen LogP contribution in [0.3, 0.4) is 0 Å². The van der Waals surface area contributed by atoms with Crippen molar-refractivity contribution in [1.29, 1.82) is 0 Å². The third kappa shape index (κ3) is 2.52. The van der Waals surface area contributed by atoms with E-state index in [1.165, 1.54) is 12.1 Å². The van der Waals surface area contributed by atoms with Crippen LogP contribution in [0.4, 0.5) is 14.5 Å². The zero-order valence-corrected chi connectivity index (χ0v) is 13.6. The standard InChI is InChI=1S/C16H22BF2NO2/c1-15(2)16(3,4)22-17(21-15)11-9-12(18)14(13(19)10-11)20-7-5-6-8-20/h9-10H,5-8H2,1-4H3. The topological polar surface area (TPSA) is 21.7 Å². The van der Waals surface area contributed by atoms with Crippen LogP contribution in [-0.2, 0) is 9.31 Å². The SMILES string of the molecule is CC1(C)OB(c2cc(F)c(N3CCCC3)c(F)c2)OC1(C)C. The van der Waals surface area contributed by atoms with E-state index in [-0.39, 0.29) is 5.69 Å². The van der Waals surface area contributed by atoms with Gasteiger partial charge < -0.3 is 14.2 Å². The van der Waals surface area contributed by atoms with Crippen molar-refractivity contribution in [3.63, 3.8) is 0 Å². The van der Waals surface area contributed by atoms with Crippen molar-refractivity contribution in [2.24, 2.45) is 0 Å². The van der Waals surface area contributed by atoms with Crippen LogP contribution in [0, 0.1) is 11.6 Å². The molecule has 0 unspecified atom stereocenters. The summed E-state index contributed by atoms with van der Waals surface area (Å²) < 4.78 is 40.5. The number of anilines is 1. The minimum Gasteiger partial charge on any atom is -0.399 e. The van der Waals surface area contributed by atoms with Crippen LogP contribution in [0.15, 0.2) is 12.1 Å². The number of rotatable bonds is 2. The maximum absolute atomic E-state index is 14.4. The average Bonchev–Trinajstić information content (AvgIpc) is 2.96. The highest BCUT2D eigenvalue weighted by Gasteiger charge is 2.52. The molecule has 22 heavy (non-hydrogen) atoms. The minimum atomic E-state index is -0.748. The van der Waals surface area contributed by atoms with Crippen molar-refractivity contribution < 1.29 is 18.1 Å². The monoisotopic (exact) mass is 309 g/mol. The van der Waals surface area contributed by atoms with Crippen LogP contribution in [-0.4, -0.2) is 31.4 Å². The molecule has 0 bridgehead atoms. The van der Waals surface area contributed by atoms with Gasteiger partial charge in [0.15, 0.2) is 0 Å². The molecule has 6 heteroatoms. The molecular formula is C16H22BF2NO2. The molecule has 3 nitrogen and oxygen atoms in total. The Hall–Kier alpha value is -1.14. The van der Waals surface area contributed by atoms with Gasteiger partial charge in [-0.15, -0.1) is 0 Å². The summed E-state index contributed by atoms with van der Waals surface area (Å²) in [7, 11) is -0.748. The second-order valence-corrected chi connectivity index (χ2v) is 7.12. The minimum absolute atomic E-state index is 0.0674. The van der Waals surface area contributed by atoms with E-state index in [9.17, 15) is 8.78 Å². The first-order chi connectivity index (χ1) is 10.2. The Balaban J connectivity index is 1.91. The maximum atomic E-state index is 14.4. The highest BCUT2D eigenvalue weighted by Crippen LogP contribution is 2.37. The van der Waals surface area contributed by atoms with E-state index in [4.69, 9.17) is 9.31 Å². The Morgan fingerprint density at radius 1 is 0.955 bits per heavy atom. The van der Waals surface area contributed by atoms with E-state index in [0.717, 1.165) is 12.8 Å². The van der Waals surface area contributed by atoms with E-state index in [1.54, 1.807) is 4.90 Å². The third-order valence-corrected chi connectivity index (χ3v) is 4.99. The molecule has 0 radical (unpaired) electrons. The summed E-state index contributed by atoms with van der Waals surface area (Å²) in [5, 5.41) is 0. The lowest BCUT2D eigenvalue weighted by molar-refractivity contribution is 0.00578. The van der Waals surface area contributed by atoms with Crippen molar-refractivity contribution >= 4 is 18.3 Å². The molecule has 2 aliphatic heterocycles. The molecule has 0 saturated carbocycles. The lowest BCUT2D eigenvalue weighted by Crippen LogP contribution is -2.41. The predicted octanol–water partition coefficient (Wildman–Crippen LogP) is 2.86. The zero-order valence-electron chi connectivity index (χ0n) is 13.6. The molecule has 1 aromatic carbocycles. The van der Waals surface area contributed by atoms with Crippen molar-refractivity contribution in [2.75, 3.05) is 18.0 Å². The highest BCUT2D eigenvalue weighted by molar-refractivity contribution is 6.62. The molecule has 0 N–H and O–H groups in total. The van der Waals surface area contributed by atoms with Crippen molar-refractivity contribution in [3.8, 4) is 0 Å². The van der Waals surface area contributed by atoms with E-state index in [0.29, 0.717) is 18.6 Å². The smallest absolute Gasteiger partial charge is 0.399 e. The summed E-state index contributed by atoms with van der Waals surface area (Å²) in [6.07, 6.45) is 1.94. The molecule has 2 aliphatic rings. The van der Waals surface area contributed by atoms with Crippen molar-refractivity contribution in [1.82, 2.24) is 0 Å². The Labute approximate surface area is 130 Å². The first-order valence-corrected chi connectivity index (χ1v) is 7.81. The first-order valence-electron chi connectivity index (χ1n) is 7.81.